The highest BCUT2D eigenvalue weighted by Crippen LogP contribution is 2.59. The highest BCUT2D eigenvalue weighted by molar-refractivity contribution is 6.06. The summed E-state index contributed by atoms with van der Waals surface area (Å²) in [6, 6.07) is 12.4. The number of nitrogens with zero attached hydrogens (tertiary/aromatic N) is 3. The molecule has 1 N–H and O–H groups in total. The van der Waals surface area contributed by atoms with Crippen LogP contribution in [0.2, 0.25) is 0 Å². The third kappa shape index (κ3) is 5.79. The van der Waals surface area contributed by atoms with Gasteiger partial charge in [-0.25, -0.2) is 0 Å². The number of hydrogen-bond acceptors (Lipinski definition) is 6. The van der Waals surface area contributed by atoms with Crippen molar-refractivity contribution in [2.24, 2.45) is 11.8 Å². The molecule has 9 heteroatoms. The van der Waals surface area contributed by atoms with E-state index in [4.69, 9.17) is 9.47 Å². The Kier molecular flexibility index (Phi) is 9.79. The number of anilines is 2. The van der Waals surface area contributed by atoms with Gasteiger partial charge in [-0.15, -0.1) is 13.2 Å². The SMILES string of the molecule is C=CCN(C(=O)[C@@H]1[C@H]2C(=O)N(CCCCO)C(C(=O)N(CC=C)c3cc(C)ccc3C)C23CC[C@H]1O3)c1ccc(OCC)cc1. The Hall–Kier alpha value is -3.95. The molecule has 5 rings (SSSR count). The standard InChI is InChI=1S/C36H45N3O6/c1-6-19-37(26-13-15-27(16-14-26)44-8-3)33(41)30-29-17-18-36(45-29)31(30)34(42)39(21-9-10-22-40)32(36)35(43)38(20-7-2)28-23-24(4)11-12-25(28)5/h6-7,11-16,23,29-32,40H,1-2,8-10,17-22H2,3-5H3/t29-,30+,31+,32?,36?/m1/s1. The van der Waals surface area contributed by atoms with E-state index in [2.05, 4.69) is 13.2 Å². The Balaban J connectivity index is 1.54. The first-order valence-corrected chi connectivity index (χ1v) is 16.0. The van der Waals surface area contributed by atoms with Gasteiger partial charge in [-0.3, -0.25) is 14.4 Å². The van der Waals surface area contributed by atoms with Gasteiger partial charge in [0.25, 0.3) is 5.91 Å². The van der Waals surface area contributed by atoms with Gasteiger partial charge in [0.15, 0.2) is 0 Å². The zero-order valence-electron chi connectivity index (χ0n) is 26.6. The normalized spacial score (nSPS) is 24.8. The van der Waals surface area contributed by atoms with E-state index in [-0.39, 0.29) is 44.0 Å². The molecule has 0 saturated carbocycles. The first-order valence-electron chi connectivity index (χ1n) is 16.0. The van der Waals surface area contributed by atoms with Crippen molar-refractivity contribution >= 4 is 29.1 Å². The number of aryl methyl sites for hydroxylation is 2. The second-order valence-corrected chi connectivity index (χ2v) is 12.2. The first kappa shape index (κ1) is 32.4. The number of hydrogen-bond donors (Lipinski definition) is 1. The number of likely N-dealkylation sites (tertiary alicyclic amines) is 1. The van der Waals surface area contributed by atoms with E-state index >= 15 is 0 Å². The predicted molar refractivity (Wildman–Crippen MR) is 174 cm³/mol. The number of aliphatic hydroxyl groups is 1. The topological polar surface area (TPSA) is 99.6 Å². The average molecular weight is 616 g/mol. The van der Waals surface area contributed by atoms with E-state index < -0.39 is 29.6 Å². The fourth-order valence-corrected chi connectivity index (χ4v) is 7.46. The molecule has 3 aliphatic rings. The van der Waals surface area contributed by atoms with Crippen molar-refractivity contribution in [3.8, 4) is 5.75 Å². The molecule has 240 valence electrons. The van der Waals surface area contributed by atoms with Gasteiger partial charge in [0, 0.05) is 37.6 Å². The van der Waals surface area contributed by atoms with E-state index in [1.54, 1.807) is 26.9 Å². The van der Waals surface area contributed by atoms with Gasteiger partial charge in [-0.2, -0.15) is 0 Å². The number of aliphatic hydroxyl groups excluding tert-OH is 1. The second-order valence-electron chi connectivity index (χ2n) is 12.2. The molecule has 3 saturated heterocycles. The fourth-order valence-electron chi connectivity index (χ4n) is 7.46. The molecule has 2 unspecified atom stereocenters. The third-order valence-electron chi connectivity index (χ3n) is 9.40. The number of ether oxygens (including phenoxy) is 2. The van der Waals surface area contributed by atoms with E-state index in [0.717, 1.165) is 16.8 Å². The summed E-state index contributed by atoms with van der Waals surface area (Å²) in [6.07, 6.45) is 4.96. The van der Waals surface area contributed by atoms with Crippen molar-refractivity contribution < 1.29 is 29.0 Å². The number of benzene rings is 2. The van der Waals surface area contributed by atoms with Crippen LogP contribution in [-0.2, 0) is 19.1 Å². The molecule has 0 radical (unpaired) electrons. The molecule has 5 atom stereocenters. The number of fused-ring (bicyclic) bond motifs is 1. The van der Waals surface area contributed by atoms with Gasteiger partial charge < -0.3 is 29.3 Å². The van der Waals surface area contributed by atoms with Crippen LogP contribution in [0.3, 0.4) is 0 Å². The smallest absolute Gasteiger partial charge is 0.253 e. The lowest BCUT2D eigenvalue weighted by Crippen LogP contribution is -2.56. The van der Waals surface area contributed by atoms with Gasteiger partial charge in [-0.05, 0) is 87.9 Å². The Bertz CT molecular complexity index is 1440. The molecule has 2 aromatic carbocycles. The summed E-state index contributed by atoms with van der Waals surface area (Å²) in [4.78, 5) is 48.6. The van der Waals surface area contributed by atoms with Crippen molar-refractivity contribution in [1.82, 2.24) is 4.90 Å². The van der Waals surface area contributed by atoms with Crippen LogP contribution in [0, 0.1) is 25.7 Å². The highest BCUT2D eigenvalue weighted by Gasteiger charge is 2.75. The highest BCUT2D eigenvalue weighted by atomic mass is 16.5. The van der Waals surface area contributed by atoms with E-state index in [1.165, 1.54) is 0 Å². The number of unbranched alkanes of at least 4 members (excludes halogenated alkanes) is 1. The van der Waals surface area contributed by atoms with Crippen molar-refractivity contribution in [1.29, 1.82) is 0 Å². The Morgan fingerprint density at radius 3 is 2.44 bits per heavy atom. The minimum Gasteiger partial charge on any atom is -0.494 e. The molecule has 3 heterocycles. The average Bonchev–Trinajstić information content (AvgIpc) is 3.67. The lowest BCUT2D eigenvalue weighted by Gasteiger charge is -2.37. The second kappa shape index (κ2) is 13.6. The molecular formula is C36H45N3O6. The van der Waals surface area contributed by atoms with Gasteiger partial charge in [0.05, 0.1) is 24.5 Å². The lowest BCUT2D eigenvalue weighted by atomic mass is 9.70. The third-order valence-corrected chi connectivity index (χ3v) is 9.40. The minimum atomic E-state index is -1.13. The summed E-state index contributed by atoms with van der Waals surface area (Å²) >= 11 is 0. The molecule has 2 aromatic rings. The van der Waals surface area contributed by atoms with Crippen LogP contribution in [0.5, 0.6) is 5.75 Å². The Morgan fingerprint density at radius 1 is 1.07 bits per heavy atom. The van der Waals surface area contributed by atoms with Crippen LogP contribution in [0.4, 0.5) is 11.4 Å². The number of carbonyl (C=O) groups excluding carboxylic acids is 3. The molecular weight excluding hydrogens is 570 g/mol. The summed E-state index contributed by atoms with van der Waals surface area (Å²) in [5.41, 5.74) is 2.24. The Morgan fingerprint density at radius 2 is 1.78 bits per heavy atom. The summed E-state index contributed by atoms with van der Waals surface area (Å²) in [5, 5.41) is 9.51. The van der Waals surface area contributed by atoms with Gasteiger partial charge in [0.1, 0.15) is 17.4 Å². The first-order chi connectivity index (χ1) is 21.7. The van der Waals surface area contributed by atoms with E-state index in [1.807, 2.05) is 63.2 Å². The van der Waals surface area contributed by atoms with Crippen LogP contribution in [0.25, 0.3) is 0 Å². The van der Waals surface area contributed by atoms with Crippen molar-refractivity contribution in [3.05, 3.63) is 78.9 Å². The fraction of sp³-hybridized carbons (Fsp3) is 0.472. The van der Waals surface area contributed by atoms with E-state index in [9.17, 15) is 19.5 Å². The molecule has 2 bridgehead atoms. The maximum absolute atomic E-state index is 14.8. The van der Waals surface area contributed by atoms with Gasteiger partial charge in [-0.1, -0.05) is 24.3 Å². The maximum atomic E-state index is 14.8. The summed E-state index contributed by atoms with van der Waals surface area (Å²) < 4.78 is 12.3. The van der Waals surface area contributed by atoms with Crippen LogP contribution in [0.15, 0.2) is 67.8 Å². The minimum absolute atomic E-state index is 0.0153. The van der Waals surface area contributed by atoms with Gasteiger partial charge >= 0.3 is 0 Å². The zero-order valence-corrected chi connectivity index (χ0v) is 26.6. The van der Waals surface area contributed by atoms with Crippen LogP contribution in [0.1, 0.15) is 43.7 Å². The molecule has 1 spiro atoms. The molecule has 45 heavy (non-hydrogen) atoms. The van der Waals surface area contributed by atoms with Gasteiger partial charge in [0.2, 0.25) is 11.8 Å². The summed E-state index contributed by atoms with van der Waals surface area (Å²) in [5.74, 6) is -1.54. The van der Waals surface area contributed by atoms with Crippen molar-refractivity contribution in [2.45, 2.75) is 64.2 Å². The van der Waals surface area contributed by atoms with Crippen molar-refractivity contribution in [3.63, 3.8) is 0 Å². The Labute approximate surface area is 266 Å². The van der Waals surface area contributed by atoms with Crippen molar-refractivity contribution in [2.75, 3.05) is 42.6 Å². The quantitative estimate of drug-likeness (QED) is 0.247. The summed E-state index contributed by atoms with van der Waals surface area (Å²) in [6.45, 7) is 14.9. The van der Waals surface area contributed by atoms with Crippen LogP contribution in [-0.4, -0.2) is 78.3 Å². The van der Waals surface area contributed by atoms with Crippen LogP contribution < -0.4 is 14.5 Å². The largest absolute Gasteiger partial charge is 0.494 e. The molecule has 3 fully saturated rings. The monoisotopic (exact) mass is 615 g/mol. The molecule has 0 aromatic heterocycles. The lowest BCUT2D eigenvalue weighted by molar-refractivity contribution is -0.140. The number of amides is 3. The molecule has 9 nitrogen and oxygen atoms in total. The predicted octanol–water partition coefficient (Wildman–Crippen LogP) is 4.59. The molecule has 0 aliphatic carbocycles. The van der Waals surface area contributed by atoms with E-state index in [0.29, 0.717) is 43.7 Å². The maximum Gasteiger partial charge on any atom is 0.253 e. The number of rotatable bonds is 14. The number of carbonyl (C=O) groups is 3. The molecule has 3 aliphatic heterocycles. The molecule has 3 amide bonds. The van der Waals surface area contributed by atoms with Crippen LogP contribution >= 0.6 is 0 Å². The zero-order chi connectivity index (χ0) is 32.3. The summed E-state index contributed by atoms with van der Waals surface area (Å²) in [7, 11) is 0.